The number of methoxy groups -OCH3 is 1. The van der Waals surface area contributed by atoms with Crippen molar-refractivity contribution < 1.29 is 9.53 Å². The van der Waals surface area contributed by atoms with Crippen molar-refractivity contribution in [3.8, 4) is 5.75 Å². The minimum atomic E-state index is 0.143. The minimum absolute atomic E-state index is 0.143. The smallest absolute Gasteiger partial charge is 0.187 e. The van der Waals surface area contributed by atoms with Crippen LogP contribution in [0.4, 0.5) is 0 Å². The van der Waals surface area contributed by atoms with Crippen molar-refractivity contribution in [2.45, 2.75) is 52.5 Å². The number of carbonyl (C=O) groups is 1. The van der Waals surface area contributed by atoms with E-state index in [-0.39, 0.29) is 11.7 Å². The predicted octanol–water partition coefficient (Wildman–Crippen LogP) is 3.31. The van der Waals surface area contributed by atoms with Crippen LogP contribution in [0, 0.1) is 11.8 Å². The van der Waals surface area contributed by atoms with Crippen molar-refractivity contribution in [3.63, 3.8) is 0 Å². The highest BCUT2D eigenvalue weighted by atomic mass is 16.5. The molecule has 106 valence electrons. The van der Waals surface area contributed by atoms with Gasteiger partial charge in [0, 0.05) is 12.5 Å². The molecule has 1 aliphatic rings. The van der Waals surface area contributed by atoms with Crippen molar-refractivity contribution >= 4 is 5.78 Å². The van der Waals surface area contributed by atoms with Gasteiger partial charge < -0.3 is 4.74 Å². The third-order valence-corrected chi connectivity index (χ3v) is 4.00. The van der Waals surface area contributed by atoms with Gasteiger partial charge in [0.05, 0.1) is 13.3 Å². The van der Waals surface area contributed by atoms with Crippen LogP contribution in [0.1, 0.15) is 56.4 Å². The van der Waals surface area contributed by atoms with Crippen LogP contribution < -0.4 is 4.74 Å². The zero-order valence-electron chi connectivity index (χ0n) is 12.2. The molecular weight excluding hydrogens is 240 g/mol. The second kappa shape index (κ2) is 6.22. The molecule has 0 radical (unpaired) electrons. The number of carbonyl (C=O) groups excluding carboxylic acids is 1. The lowest BCUT2D eigenvalue weighted by Crippen LogP contribution is -2.24. The third-order valence-electron chi connectivity index (χ3n) is 4.00. The molecule has 0 saturated heterocycles. The maximum Gasteiger partial charge on any atom is 0.187 e. The lowest BCUT2D eigenvalue weighted by atomic mass is 9.79. The molecule has 1 aromatic heterocycles. The zero-order valence-corrected chi connectivity index (χ0v) is 12.2. The Balaban J connectivity index is 2.23. The summed E-state index contributed by atoms with van der Waals surface area (Å²) in [5, 5.41) is 4.28. The molecule has 0 aliphatic heterocycles. The van der Waals surface area contributed by atoms with Gasteiger partial charge in [-0.2, -0.15) is 5.10 Å². The van der Waals surface area contributed by atoms with Gasteiger partial charge in [-0.25, -0.2) is 0 Å². The van der Waals surface area contributed by atoms with Crippen molar-refractivity contribution in [2.75, 3.05) is 7.11 Å². The first-order valence-electron chi connectivity index (χ1n) is 7.31. The molecule has 19 heavy (non-hydrogen) atoms. The van der Waals surface area contributed by atoms with Gasteiger partial charge in [-0.1, -0.05) is 26.7 Å². The lowest BCUT2D eigenvalue weighted by Gasteiger charge is -2.25. The van der Waals surface area contributed by atoms with Crippen LogP contribution in [-0.2, 0) is 6.54 Å². The van der Waals surface area contributed by atoms with Crippen molar-refractivity contribution in [3.05, 3.63) is 11.9 Å². The van der Waals surface area contributed by atoms with E-state index in [2.05, 4.69) is 18.9 Å². The summed E-state index contributed by atoms with van der Waals surface area (Å²) in [7, 11) is 1.60. The summed E-state index contributed by atoms with van der Waals surface area (Å²) >= 11 is 0. The van der Waals surface area contributed by atoms with E-state index < -0.39 is 0 Å². The SMILES string of the molecule is CCCn1ncc(OC)c1C(=O)C1CCCC(C)C1. The molecular formula is C15H24N2O2. The molecule has 4 nitrogen and oxygen atoms in total. The molecule has 2 atom stereocenters. The Bertz CT molecular complexity index is 439. The highest BCUT2D eigenvalue weighted by molar-refractivity contribution is 5.98. The highest BCUT2D eigenvalue weighted by Crippen LogP contribution is 2.33. The Hall–Kier alpha value is -1.32. The Labute approximate surface area is 115 Å². The molecule has 1 aliphatic carbocycles. The number of rotatable bonds is 5. The van der Waals surface area contributed by atoms with E-state index in [0.29, 0.717) is 17.4 Å². The van der Waals surface area contributed by atoms with Crippen LogP contribution in [0.15, 0.2) is 6.20 Å². The molecule has 1 saturated carbocycles. The maximum absolute atomic E-state index is 12.7. The average Bonchev–Trinajstić information content (AvgIpc) is 2.81. The van der Waals surface area contributed by atoms with E-state index in [1.54, 1.807) is 18.0 Å². The number of nitrogens with zero attached hydrogens (tertiary/aromatic N) is 2. The normalized spacial score (nSPS) is 23.3. The summed E-state index contributed by atoms with van der Waals surface area (Å²) in [4.78, 5) is 12.7. The van der Waals surface area contributed by atoms with Crippen LogP contribution >= 0.6 is 0 Å². The number of hydrogen-bond donors (Lipinski definition) is 0. The standard InChI is InChI=1S/C15H24N2O2/c1-4-8-17-14(13(19-3)10-16-17)15(18)12-7-5-6-11(2)9-12/h10-12H,4-9H2,1-3H3. The third kappa shape index (κ3) is 2.99. The molecule has 0 spiro atoms. The number of ketones is 1. The second-order valence-corrected chi connectivity index (χ2v) is 5.62. The summed E-state index contributed by atoms with van der Waals surface area (Å²) < 4.78 is 7.11. The molecule has 0 N–H and O–H groups in total. The summed E-state index contributed by atoms with van der Waals surface area (Å²) in [5.41, 5.74) is 0.670. The van der Waals surface area contributed by atoms with Gasteiger partial charge in [0.1, 0.15) is 5.69 Å². The maximum atomic E-state index is 12.7. The van der Waals surface area contributed by atoms with Crippen LogP contribution in [-0.4, -0.2) is 22.7 Å². The molecule has 1 fully saturated rings. The number of hydrogen-bond acceptors (Lipinski definition) is 3. The van der Waals surface area contributed by atoms with Gasteiger partial charge >= 0.3 is 0 Å². The number of aromatic nitrogens is 2. The number of Topliss-reactive ketones (excluding diaryl/α,β-unsaturated/α-hetero) is 1. The first-order chi connectivity index (χ1) is 9.17. The highest BCUT2D eigenvalue weighted by Gasteiger charge is 2.30. The number of ether oxygens (including phenoxy) is 1. The van der Waals surface area contributed by atoms with Crippen molar-refractivity contribution in [2.24, 2.45) is 11.8 Å². The van der Waals surface area contributed by atoms with Crippen molar-refractivity contribution in [1.29, 1.82) is 0 Å². The molecule has 0 aromatic carbocycles. The van der Waals surface area contributed by atoms with Gasteiger partial charge in [-0.15, -0.1) is 0 Å². The largest absolute Gasteiger partial charge is 0.493 e. The fourth-order valence-corrected chi connectivity index (χ4v) is 3.01. The van der Waals surface area contributed by atoms with E-state index >= 15 is 0 Å². The van der Waals surface area contributed by atoms with Gasteiger partial charge in [-0.05, 0) is 25.2 Å². The monoisotopic (exact) mass is 264 g/mol. The summed E-state index contributed by atoms with van der Waals surface area (Å²) in [5.74, 6) is 1.63. The molecule has 1 heterocycles. The Morgan fingerprint density at radius 1 is 1.53 bits per heavy atom. The van der Waals surface area contributed by atoms with Crippen LogP contribution in [0.3, 0.4) is 0 Å². The predicted molar refractivity (Wildman–Crippen MR) is 74.5 cm³/mol. The van der Waals surface area contributed by atoms with E-state index in [4.69, 9.17) is 4.74 Å². The quantitative estimate of drug-likeness (QED) is 0.766. The lowest BCUT2D eigenvalue weighted by molar-refractivity contribution is 0.0853. The Morgan fingerprint density at radius 3 is 2.95 bits per heavy atom. The van der Waals surface area contributed by atoms with E-state index in [9.17, 15) is 4.79 Å². The van der Waals surface area contributed by atoms with Crippen LogP contribution in [0.2, 0.25) is 0 Å². The number of aryl methyl sites for hydroxylation is 1. The summed E-state index contributed by atoms with van der Waals surface area (Å²) in [6, 6.07) is 0. The van der Waals surface area contributed by atoms with Gasteiger partial charge in [0.2, 0.25) is 0 Å². The van der Waals surface area contributed by atoms with Crippen LogP contribution in [0.5, 0.6) is 5.75 Å². The average molecular weight is 264 g/mol. The van der Waals surface area contributed by atoms with Gasteiger partial charge in [0.15, 0.2) is 11.5 Å². The van der Waals surface area contributed by atoms with E-state index in [0.717, 1.165) is 32.2 Å². The molecule has 4 heteroatoms. The summed E-state index contributed by atoms with van der Waals surface area (Å²) in [6.07, 6.45) is 7.03. The molecule has 0 amide bonds. The van der Waals surface area contributed by atoms with E-state index in [1.165, 1.54) is 6.42 Å². The van der Waals surface area contributed by atoms with Crippen molar-refractivity contribution in [1.82, 2.24) is 9.78 Å². The molecule has 0 bridgehead atoms. The topological polar surface area (TPSA) is 44.1 Å². The fourth-order valence-electron chi connectivity index (χ4n) is 3.01. The first kappa shape index (κ1) is 14.1. The van der Waals surface area contributed by atoms with Gasteiger partial charge in [0.25, 0.3) is 0 Å². The Kier molecular flexibility index (Phi) is 4.61. The molecule has 2 unspecified atom stereocenters. The fraction of sp³-hybridized carbons (Fsp3) is 0.733. The minimum Gasteiger partial charge on any atom is -0.493 e. The van der Waals surface area contributed by atoms with Gasteiger partial charge in [-0.3, -0.25) is 9.48 Å². The van der Waals surface area contributed by atoms with Crippen LogP contribution in [0.25, 0.3) is 0 Å². The molecule has 2 rings (SSSR count). The Morgan fingerprint density at radius 2 is 2.32 bits per heavy atom. The zero-order chi connectivity index (χ0) is 13.8. The first-order valence-corrected chi connectivity index (χ1v) is 7.31. The summed E-state index contributed by atoms with van der Waals surface area (Å²) in [6.45, 7) is 5.10. The second-order valence-electron chi connectivity index (χ2n) is 5.62. The van der Waals surface area contributed by atoms with E-state index in [1.807, 2.05) is 0 Å². The molecule has 1 aromatic rings.